The fraction of sp³-hybridized carbons (Fsp3) is 0.192. The van der Waals surface area contributed by atoms with Gasteiger partial charge in [0.1, 0.15) is 28.1 Å². The number of amides is 1. The number of fused-ring (bicyclic) bond motifs is 1. The summed E-state index contributed by atoms with van der Waals surface area (Å²) >= 11 is 6.43. The van der Waals surface area contributed by atoms with E-state index in [1.165, 1.54) is 43.4 Å². The molecule has 2 heterocycles. The van der Waals surface area contributed by atoms with Gasteiger partial charge in [0.15, 0.2) is 0 Å². The number of hydrogen-bond donors (Lipinski definition) is 1. The van der Waals surface area contributed by atoms with Crippen LogP contribution in [0.4, 0.5) is 8.78 Å². The number of aromatic nitrogens is 1. The van der Waals surface area contributed by atoms with Gasteiger partial charge < -0.3 is 14.5 Å². The van der Waals surface area contributed by atoms with Crippen molar-refractivity contribution in [1.82, 2.24) is 10.3 Å². The van der Waals surface area contributed by atoms with Crippen LogP contribution in [0.1, 0.15) is 41.5 Å². The molecule has 0 saturated carbocycles. The molecule has 0 bridgehead atoms. The second-order valence-corrected chi connectivity index (χ2v) is 9.13. The molecule has 9 heteroatoms. The summed E-state index contributed by atoms with van der Waals surface area (Å²) in [5, 5.41) is 2.92. The van der Waals surface area contributed by atoms with Crippen LogP contribution in [0.15, 0.2) is 52.9 Å². The molecule has 0 radical (unpaired) electrons. The number of nitrogens with zero attached hydrogens (tertiary/aromatic N) is 1. The summed E-state index contributed by atoms with van der Waals surface area (Å²) in [7, 11) is 1.47. The Kier molecular flexibility index (Phi) is 6.34. The number of esters is 1. The normalized spacial score (nSPS) is 11.5. The fourth-order valence-electron chi connectivity index (χ4n) is 3.54. The first-order valence-corrected chi connectivity index (χ1v) is 11.0. The topological polar surface area (TPSA) is 81.4 Å². The average Bonchev–Trinajstić information content (AvgIpc) is 3.15. The Bertz CT molecular complexity index is 1460. The molecule has 0 atom stereocenters. The van der Waals surface area contributed by atoms with Gasteiger partial charge >= 0.3 is 5.97 Å². The third-order valence-corrected chi connectivity index (χ3v) is 5.38. The van der Waals surface area contributed by atoms with Gasteiger partial charge in [-0.25, -0.2) is 18.6 Å². The molecule has 35 heavy (non-hydrogen) atoms. The molecule has 0 aliphatic heterocycles. The maximum absolute atomic E-state index is 14.5. The Hall–Kier alpha value is -3.78. The summed E-state index contributed by atoms with van der Waals surface area (Å²) < 4.78 is 39.0. The standard InChI is InChI=1S/C26H21ClF2N2O4/c1-26(2,3)35-25(33)17-11-14(7-10-19(17)29)16-12-18-20(23(32)30-4)21(34-24(18)31-22(16)27)13-5-8-15(28)9-6-13/h5-12H,1-4H3,(H,30,32). The fourth-order valence-corrected chi connectivity index (χ4v) is 3.78. The molecule has 180 valence electrons. The second kappa shape index (κ2) is 9.11. The molecule has 1 N–H and O–H groups in total. The number of pyridine rings is 1. The van der Waals surface area contributed by atoms with Crippen molar-refractivity contribution in [2.75, 3.05) is 7.05 Å². The van der Waals surface area contributed by atoms with E-state index in [2.05, 4.69) is 10.3 Å². The number of benzene rings is 2. The first-order chi connectivity index (χ1) is 16.5. The van der Waals surface area contributed by atoms with Gasteiger partial charge in [-0.1, -0.05) is 17.7 Å². The maximum atomic E-state index is 14.5. The van der Waals surface area contributed by atoms with E-state index in [0.29, 0.717) is 22.1 Å². The number of carbonyl (C=O) groups is 2. The van der Waals surface area contributed by atoms with Gasteiger partial charge in [-0.15, -0.1) is 0 Å². The average molecular weight is 499 g/mol. The maximum Gasteiger partial charge on any atom is 0.341 e. The smallest absolute Gasteiger partial charge is 0.341 e. The summed E-state index contributed by atoms with van der Waals surface area (Å²) in [5.41, 5.74) is 0.391. The number of hydrogen-bond acceptors (Lipinski definition) is 5. The van der Waals surface area contributed by atoms with Gasteiger partial charge in [0, 0.05) is 18.2 Å². The molecule has 4 rings (SSSR count). The summed E-state index contributed by atoms with van der Waals surface area (Å²) in [6.45, 7) is 5.04. The van der Waals surface area contributed by atoms with Crippen molar-refractivity contribution in [1.29, 1.82) is 0 Å². The van der Waals surface area contributed by atoms with E-state index < -0.39 is 29.1 Å². The highest BCUT2D eigenvalue weighted by Crippen LogP contribution is 2.38. The van der Waals surface area contributed by atoms with Crippen LogP contribution in [0.2, 0.25) is 5.15 Å². The van der Waals surface area contributed by atoms with Crippen molar-refractivity contribution in [3.05, 3.63) is 76.4 Å². The molecule has 0 unspecified atom stereocenters. The van der Waals surface area contributed by atoms with Crippen LogP contribution in [0, 0.1) is 11.6 Å². The van der Waals surface area contributed by atoms with Crippen molar-refractivity contribution < 1.29 is 27.5 Å². The SMILES string of the molecule is CNC(=O)c1c(-c2ccc(F)cc2)oc2nc(Cl)c(-c3ccc(F)c(C(=O)OC(C)(C)C)c3)cc12. The summed E-state index contributed by atoms with van der Waals surface area (Å²) in [4.78, 5) is 29.6. The van der Waals surface area contributed by atoms with Crippen LogP contribution in [0.5, 0.6) is 0 Å². The van der Waals surface area contributed by atoms with E-state index in [9.17, 15) is 18.4 Å². The van der Waals surface area contributed by atoms with Gasteiger partial charge in [-0.2, -0.15) is 0 Å². The Labute approximate surface area is 204 Å². The van der Waals surface area contributed by atoms with Gasteiger partial charge in [-0.3, -0.25) is 4.79 Å². The van der Waals surface area contributed by atoms with Crippen LogP contribution in [0.3, 0.4) is 0 Å². The molecule has 0 saturated heterocycles. The predicted octanol–water partition coefficient (Wildman–Crippen LogP) is 6.41. The Morgan fingerprint density at radius 2 is 1.69 bits per heavy atom. The van der Waals surface area contributed by atoms with Gasteiger partial charge in [0.25, 0.3) is 5.91 Å². The van der Waals surface area contributed by atoms with Crippen LogP contribution < -0.4 is 5.32 Å². The molecule has 0 fully saturated rings. The van der Waals surface area contributed by atoms with Gasteiger partial charge in [0.2, 0.25) is 5.71 Å². The van der Waals surface area contributed by atoms with E-state index in [4.69, 9.17) is 20.8 Å². The lowest BCUT2D eigenvalue weighted by atomic mass is 10.0. The van der Waals surface area contributed by atoms with Crippen molar-refractivity contribution in [3.8, 4) is 22.5 Å². The van der Waals surface area contributed by atoms with Crippen LogP contribution in [-0.4, -0.2) is 29.5 Å². The van der Waals surface area contributed by atoms with Crippen molar-refractivity contribution >= 4 is 34.6 Å². The zero-order chi connectivity index (χ0) is 25.5. The number of rotatable bonds is 4. The Balaban J connectivity index is 1.89. The number of halogens is 3. The van der Waals surface area contributed by atoms with Crippen molar-refractivity contribution in [2.24, 2.45) is 0 Å². The zero-order valence-corrected chi connectivity index (χ0v) is 20.1. The van der Waals surface area contributed by atoms with Crippen LogP contribution in [0.25, 0.3) is 33.6 Å². The monoisotopic (exact) mass is 498 g/mol. The summed E-state index contributed by atoms with van der Waals surface area (Å²) in [6, 6.07) is 10.9. The Morgan fingerprint density at radius 3 is 2.31 bits per heavy atom. The highest BCUT2D eigenvalue weighted by atomic mass is 35.5. The number of ether oxygens (including phenoxy) is 1. The quantitative estimate of drug-likeness (QED) is 0.260. The minimum atomic E-state index is -0.824. The van der Waals surface area contributed by atoms with Gasteiger partial charge in [0.05, 0.1) is 16.5 Å². The molecule has 0 aliphatic rings. The lowest BCUT2D eigenvalue weighted by molar-refractivity contribution is 0.00646. The van der Waals surface area contributed by atoms with E-state index in [1.54, 1.807) is 26.8 Å². The third kappa shape index (κ3) is 4.88. The molecule has 1 amide bonds. The van der Waals surface area contributed by atoms with E-state index in [0.717, 1.165) is 6.07 Å². The summed E-state index contributed by atoms with van der Waals surface area (Å²) in [6.07, 6.45) is 0. The molecule has 2 aromatic heterocycles. The highest BCUT2D eigenvalue weighted by Gasteiger charge is 2.25. The lowest BCUT2D eigenvalue weighted by Gasteiger charge is -2.20. The molecular weight excluding hydrogens is 478 g/mol. The van der Waals surface area contributed by atoms with Crippen molar-refractivity contribution in [2.45, 2.75) is 26.4 Å². The predicted molar refractivity (Wildman–Crippen MR) is 128 cm³/mol. The van der Waals surface area contributed by atoms with Crippen molar-refractivity contribution in [3.63, 3.8) is 0 Å². The van der Waals surface area contributed by atoms with E-state index in [-0.39, 0.29) is 27.8 Å². The van der Waals surface area contributed by atoms with Crippen LogP contribution >= 0.6 is 11.6 Å². The molecule has 2 aromatic carbocycles. The second-order valence-electron chi connectivity index (χ2n) is 8.77. The molecule has 6 nitrogen and oxygen atoms in total. The lowest BCUT2D eigenvalue weighted by Crippen LogP contribution is -2.24. The molecule has 0 spiro atoms. The highest BCUT2D eigenvalue weighted by molar-refractivity contribution is 6.32. The minimum absolute atomic E-state index is 0.0158. The van der Waals surface area contributed by atoms with E-state index in [1.807, 2.05) is 0 Å². The Morgan fingerprint density at radius 1 is 1.03 bits per heavy atom. The first-order valence-electron chi connectivity index (χ1n) is 10.6. The number of carbonyl (C=O) groups excluding carboxylic acids is 2. The minimum Gasteiger partial charge on any atom is -0.456 e. The largest absolute Gasteiger partial charge is 0.456 e. The van der Waals surface area contributed by atoms with Gasteiger partial charge in [-0.05, 0) is 68.8 Å². The summed E-state index contributed by atoms with van der Waals surface area (Å²) in [5.74, 6) is -2.27. The third-order valence-electron chi connectivity index (χ3n) is 5.09. The first kappa shape index (κ1) is 24.3. The zero-order valence-electron chi connectivity index (χ0n) is 19.3. The molecular formula is C26H21ClF2N2O4. The molecule has 0 aliphatic carbocycles. The molecule has 4 aromatic rings. The van der Waals surface area contributed by atoms with E-state index >= 15 is 0 Å². The van der Waals surface area contributed by atoms with Crippen LogP contribution in [-0.2, 0) is 4.74 Å². The number of nitrogens with one attached hydrogen (secondary N) is 1. The number of furan rings is 1.